The van der Waals surface area contributed by atoms with Gasteiger partial charge in [0.2, 0.25) is 0 Å². The van der Waals surface area contributed by atoms with E-state index >= 15 is 0 Å². The Balaban J connectivity index is 1.29. The van der Waals surface area contributed by atoms with Gasteiger partial charge in [0.15, 0.2) is 0 Å². The van der Waals surface area contributed by atoms with Gasteiger partial charge in [0.1, 0.15) is 11.5 Å². The van der Waals surface area contributed by atoms with Crippen LogP contribution in [0.15, 0.2) is 72.8 Å². The monoisotopic (exact) mass is 468 g/mol. The maximum absolute atomic E-state index is 12.6. The highest BCUT2D eigenvalue weighted by atomic mass is 16.5. The van der Waals surface area contributed by atoms with Gasteiger partial charge >= 0.3 is 11.9 Å². The summed E-state index contributed by atoms with van der Waals surface area (Å²) in [7, 11) is 0. The van der Waals surface area contributed by atoms with E-state index in [1.165, 1.54) is 61.1 Å². The number of fused-ring (bicyclic) bond motifs is 5. The molecule has 0 spiro atoms. The third-order valence-electron chi connectivity index (χ3n) is 8.85. The molecule has 5 nitrogen and oxygen atoms in total. The van der Waals surface area contributed by atoms with Crippen molar-refractivity contribution in [2.45, 2.75) is 37.5 Å². The van der Waals surface area contributed by atoms with E-state index in [1.54, 1.807) is 12.1 Å². The third-order valence-corrected chi connectivity index (χ3v) is 8.85. The van der Waals surface area contributed by atoms with Crippen LogP contribution in [0.1, 0.15) is 63.9 Å². The molecule has 0 radical (unpaired) electrons. The predicted octanol–water partition coefficient (Wildman–Crippen LogP) is 6.05. The van der Waals surface area contributed by atoms with Crippen LogP contribution in [0, 0.1) is 23.7 Å². The minimum Gasteiger partial charge on any atom is -0.508 e. The minimum absolute atomic E-state index is 0.0843. The van der Waals surface area contributed by atoms with Crippen molar-refractivity contribution in [2.24, 2.45) is 23.7 Å². The van der Waals surface area contributed by atoms with Gasteiger partial charge in [-0.3, -0.25) is 0 Å². The summed E-state index contributed by atoms with van der Waals surface area (Å²) in [5.74, 6) is 2.14. The number of ether oxygens (including phenoxy) is 1. The summed E-state index contributed by atoms with van der Waals surface area (Å²) >= 11 is 0. The van der Waals surface area contributed by atoms with E-state index in [-0.39, 0.29) is 16.7 Å². The van der Waals surface area contributed by atoms with Gasteiger partial charge < -0.3 is 14.9 Å². The molecule has 5 unspecified atom stereocenters. The lowest BCUT2D eigenvalue weighted by atomic mass is 9.59. The highest BCUT2D eigenvalue weighted by Gasteiger charge is 2.61. The Bertz CT molecular complexity index is 1260. The number of carboxylic acid groups (broad SMARTS) is 1. The van der Waals surface area contributed by atoms with Crippen LogP contribution in [0.4, 0.5) is 0 Å². The fourth-order valence-corrected chi connectivity index (χ4v) is 7.47. The molecule has 5 heteroatoms. The second kappa shape index (κ2) is 8.26. The molecule has 2 bridgehead atoms. The summed E-state index contributed by atoms with van der Waals surface area (Å²) in [5, 5.41) is 19.0. The lowest BCUT2D eigenvalue weighted by molar-refractivity contribution is 0.0691. The zero-order valence-electron chi connectivity index (χ0n) is 19.4. The number of hydrogen-bond donors (Lipinski definition) is 2. The first-order valence-corrected chi connectivity index (χ1v) is 12.4. The first-order chi connectivity index (χ1) is 17.0. The van der Waals surface area contributed by atoms with Crippen LogP contribution < -0.4 is 4.74 Å². The molecule has 3 aliphatic carbocycles. The fraction of sp³-hybridized carbons (Fsp3) is 0.333. The Labute approximate surface area is 204 Å². The van der Waals surface area contributed by atoms with Crippen LogP contribution >= 0.6 is 0 Å². The Morgan fingerprint density at radius 2 is 1.40 bits per heavy atom. The molecular formula is C30H28O5. The first-order valence-electron chi connectivity index (χ1n) is 12.4. The van der Waals surface area contributed by atoms with Gasteiger partial charge in [-0.2, -0.15) is 0 Å². The third kappa shape index (κ3) is 3.53. The largest absolute Gasteiger partial charge is 0.508 e. The summed E-state index contributed by atoms with van der Waals surface area (Å²) in [6.45, 7) is 0. The maximum atomic E-state index is 12.6. The molecule has 0 amide bonds. The van der Waals surface area contributed by atoms with E-state index in [4.69, 9.17) is 9.84 Å². The molecular weight excluding hydrogens is 440 g/mol. The van der Waals surface area contributed by atoms with Crippen LogP contribution in [-0.4, -0.2) is 22.2 Å². The predicted molar refractivity (Wildman–Crippen MR) is 131 cm³/mol. The smallest absolute Gasteiger partial charge is 0.343 e. The van der Waals surface area contributed by atoms with Gasteiger partial charge in [-0.05, 0) is 109 Å². The SMILES string of the molecule is O=C(O)c1ccc(C(=O)Oc2ccc(C3(c4ccc(O)cc4)CC4CC3C3CCCC43)cc2)cc1. The number of carbonyl (C=O) groups is 2. The van der Waals surface area contributed by atoms with Crippen LogP contribution in [0.5, 0.6) is 11.5 Å². The fourth-order valence-electron chi connectivity index (χ4n) is 7.47. The van der Waals surface area contributed by atoms with Crippen LogP contribution in [0.2, 0.25) is 0 Å². The number of rotatable bonds is 5. The molecule has 3 aromatic rings. The van der Waals surface area contributed by atoms with E-state index in [0.29, 0.717) is 17.2 Å². The molecule has 35 heavy (non-hydrogen) atoms. The van der Waals surface area contributed by atoms with Gasteiger partial charge in [0.25, 0.3) is 0 Å². The van der Waals surface area contributed by atoms with E-state index in [2.05, 4.69) is 24.3 Å². The maximum Gasteiger partial charge on any atom is 0.343 e. The zero-order valence-corrected chi connectivity index (χ0v) is 19.4. The molecule has 0 heterocycles. The quantitative estimate of drug-likeness (QED) is 0.352. The van der Waals surface area contributed by atoms with Crippen molar-refractivity contribution in [1.29, 1.82) is 0 Å². The van der Waals surface area contributed by atoms with Gasteiger partial charge in [-0.1, -0.05) is 30.7 Å². The number of phenols is 1. The summed E-state index contributed by atoms with van der Waals surface area (Å²) in [6, 6.07) is 21.4. The molecule has 2 N–H and O–H groups in total. The molecule has 3 aromatic carbocycles. The lowest BCUT2D eigenvalue weighted by Gasteiger charge is -2.44. The van der Waals surface area contributed by atoms with E-state index in [9.17, 15) is 14.7 Å². The number of carboxylic acids is 1. The van der Waals surface area contributed by atoms with Gasteiger partial charge in [-0.15, -0.1) is 0 Å². The van der Waals surface area contributed by atoms with Crippen molar-refractivity contribution in [2.75, 3.05) is 0 Å². The molecule has 178 valence electrons. The van der Waals surface area contributed by atoms with Crippen LogP contribution in [-0.2, 0) is 5.41 Å². The zero-order chi connectivity index (χ0) is 24.2. The number of hydrogen-bond acceptors (Lipinski definition) is 4. The van der Waals surface area contributed by atoms with Crippen LogP contribution in [0.3, 0.4) is 0 Å². The van der Waals surface area contributed by atoms with Crippen LogP contribution in [0.25, 0.3) is 0 Å². The summed E-state index contributed by atoms with van der Waals surface area (Å²) in [5.41, 5.74) is 2.85. The van der Waals surface area contributed by atoms with E-state index in [0.717, 1.165) is 24.2 Å². The number of aromatic carboxylic acids is 1. The average Bonchev–Trinajstić information content (AvgIpc) is 3.58. The number of aromatic hydroxyl groups is 1. The van der Waals surface area contributed by atoms with Gasteiger partial charge in [0, 0.05) is 5.41 Å². The lowest BCUT2D eigenvalue weighted by Crippen LogP contribution is -2.40. The first kappa shape index (κ1) is 21.9. The Morgan fingerprint density at radius 1 is 0.800 bits per heavy atom. The van der Waals surface area contributed by atoms with Gasteiger partial charge in [-0.25, -0.2) is 9.59 Å². The molecule has 0 aliphatic heterocycles. The van der Waals surface area contributed by atoms with E-state index < -0.39 is 11.9 Å². The van der Waals surface area contributed by atoms with Crippen molar-refractivity contribution in [3.05, 3.63) is 95.1 Å². The summed E-state index contributed by atoms with van der Waals surface area (Å²) in [4.78, 5) is 23.6. The Morgan fingerprint density at radius 3 is 2.06 bits per heavy atom. The average molecular weight is 469 g/mol. The molecule has 5 atom stereocenters. The second-order valence-electron chi connectivity index (χ2n) is 10.4. The Hall–Kier alpha value is -3.60. The highest BCUT2D eigenvalue weighted by molar-refractivity contribution is 5.93. The minimum atomic E-state index is -1.03. The molecule has 3 fully saturated rings. The highest BCUT2D eigenvalue weighted by Crippen LogP contribution is 2.68. The van der Waals surface area contributed by atoms with E-state index in [1.807, 2.05) is 12.1 Å². The number of esters is 1. The van der Waals surface area contributed by atoms with Crippen molar-refractivity contribution in [3.63, 3.8) is 0 Å². The topological polar surface area (TPSA) is 83.8 Å². The molecule has 3 aliphatic rings. The molecule has 3 saturated carbocycles. The van der Waals surface area contributed by atoms with Crippen molar-refractivity contribution >= 4 is 11.9 Å². The summed E-state index contributed by atoms with van der Waals surface area (Å²) in [6.07, 6.45) is 6.39. The number of phenolic OH excluding ortho intramolecular Hbond substituents is 1. The molecule has 0 aromatic heterocycles. The van der Waals surface area contributed by atoms with Gasteiger partial charge in [0.05, 0.1) is 11.1 Å². The second-order valence-corrected chi connectivity index (χ2v) is 10.4. The normalized spacial score (nSPS) is 28.6. The van der Waals surface area contributed by atoms with Crippen molar-refractivity contribution in [1.82, 2.24) is 0 Å². The standard InChI is InChI=1S/C30H28O5/c31-23-12-8-21(9-13-23)30(17-20-16-27(30)26-3-1-2-25(20)26)22-10-14-24(15-11-22)35-29(34)19-6-4-18(5-7-19)28(32)33/h4-15,20,25-27,31H,1-3,16-17H2,(H,32,33). The summed E-state index contributed by atoms with van der Waals surface area (Å²) < 4.78 is 5.58. The van der Waals surface area contributed by atoms with Crippen molar-refractivity contribution < 1.29 is 24.5 Å². The number of benzene rings is 3. The number of carbonyl (C=O) groups excluding carboxylic acids is 1. The molecule has 0 saturated heterocycles. The Kier molecular flexibility index (Phi) is 5.17. The van der Waals surface area contributed by atoms with Crippen molar-refractivity contribution in [3.8, 4) is 11.5 Å². The molecule has 6 rings (SSSR count).